The summed E-state index contributed by atoms with van der Waals surface area (Å²) in [7, 11) is 2.73. The predicted octanol–water partition coefficient (Wildman–Crippen LogP) is 0.375. The fraction of sp³-hybridized carbons (Fsp3) is 0.727. The molecule has 1 aromatic heterocycles. The Hall–Kier alpha value is -1.69. The zero-order valence-electron chi connectivity index (χ0n) is 13.2. The molecule has 132 valence electrons. The lowest BCUT2D eigenvalue weighted by Gasteiger charge is -2.16. The fourth-order valence-electron chi connectivity index (χ4n) is 1.37. The van der Waals surface area contributed by atoms with Crippen LogP contribution in [-0.2, 0) is 16.6 Å². The standard InChI is InChI=1S/C11H19F3N6O2S/c1-19(2)9-16-8(17-10(18-9)20(3)4)7-15-23(21,22)6-5-11(12,13)14/h15H,5-7H2,1-4H3. The van der Waals surface area contributed by atoms with Gasteiger partial charge < -0.3 is 9.80 Å². The number of nitrogens with one attached hydrogen (secondary N) is 1. The van der Waals surface area contributed by atoms with Crippen LogP contribution in [0.2, 0.25) is 0 Å². The Labute approximate surface area is 132 Å². The van der Waals surface area contributed by atoms with Gasteiger partial charge >= 0.3 is 6.18 Å². The van der Waals surface area contributed by atoms with Crippen LogP contribution in [0.1, 0.15) is 12.2 Å². The van der Waals surface area contributed by atoms with Crippen molar-refractivity contribution >= 4 is 21.9 Å². The average Bonchev–Trinajstić information content (AvgIpc) is 2.42. The lowest BCUT2D eigenvalue weighted by Crippen LogP contribution is -2.30. The Morgan fingerprint density at radius 2 is 1.48 bits per heavy atom. The first-order valence-electron chi connectivity index (χ1n) is 6.53. The number of hydrogen-bond acceptors (Lipinski definition) is 7. The number of rotatable bonds is 7. The monoisotopic (exact) mass is 356 g/mol. The van der Waals surface area contributed by atoms with Crippen LogP contribution in [0.4, 0.5) is 25.1 Å². The maximum absolute atomic E-state index is 12.1. The van der Waals surface area contributed by atoms with Crippen LogP contribution < -0.4 is 14.5 Å². The van der Waals surface area contributed by atoms with E-state index < -0.39 is 28.4 Å². The third-order valence-electron chi connectivity index (χ3n) is 2.56. The number of hydrogen-bond donors (Lipinski definition) is 1. The predicted molar refractivity (Wildman–Crippen MR) is 79.8 cm³/mol. The van der Waals surface area contributed by atoms with Crippen molar-refractivity contribution in [1.29, 1.82) is 0 Å². The van der Waals surface area contributed by atoms with Gasteiger partial charge in [0.05, 0.1) is 18.7 Å². The fourth-order valence-corrected chi connectivity index (χ4v) is 2.36. The molecule has 0 fully saturated rings. The highest BCUT2D eigenvalue weighted by Gasteiger charge is 2.29. The van der Waals surface area contributed by atoms with Gasteiger partial charge in [-0.05, 0) is 0 Å². The third kappa shape index (κ3) is 6.95. The summed E-state index contributed by atoms with van der Waals surface area (Å²) in [5.74, 6) is -0.299. The van der Waals surface area contributed by atoms with Crippen molar-refractivity contribution < 1.29 is 21.6 Å². The van der Waals surface area contributed by atoms with Gasteiger partial charge in [-0.1, -0.05) is 0 Å². The smallest absolute Gasteiger partial charge is 0.347 e. The molecule has 12 heteroatoms. The molecule has 0 aliphatic heterocycles. The van der Waals surface area contributed by atoms with Crippen LogP contribution in [0, 0.1) is 0 Å². The number of nitrogens with zero attached hydrogens (tertiary/aromatic N) is 5. The van der Waals surface area contributed by atoms with Gasteiger partial charge in [-0.25, -0.2) is 13.1 Å². The van der Waals surface area contributed by atoms with Crippen molar-refractivity contribution in [3.8, 4) is 0 Å². The molecule has 0 spiro atoms. The Balaban J connectivity index is 2.84. The zero-order chi connectivity index (χ0) is 17.8. The lowest BCUT2D eigenvalue weighted by atomic mass is 10.5. The van der Waals surface area contributed by atoms with Crippen LogP contribution in [0.5, 0.6) is 0 Å². The second-order valence-corrected chi connectivity index (χ2v) is 7.07. The quantitative estimate of drug-likeness (QED) is 0.755. The van der Waals surface area contributed by atoms with E-state index in [0.717, 1.165) is 0 Å². The maximum atomic E-state index is 12.1. The second kappa shape index (κ2) is 7.25. The minimum Gasteiger partial charge on any atom is -0.347 e. The molecule has 0 saturated carbocycles. The first-order chi connectivity index (χ1) is 10.4. The average molecular weight is 356 g/mol. The van der Waals surface area contributed by atoms with Crippen LogP contribution in [-0.4, -0.2) is 63.5 Å². The molecule has 1 heterocycles. The van der Waals surface area contributed by atoms with E-state index >= 15 is 0 Å². The Bertz CT molecular complexity index is 607. The summed E-state index contributed by atoms with van der Waals surface area (Å²) in [5, 5.41) is 0. The van der Waals surface area contributed by atoms with Crippen molar-refractivity contribution in [1.82, 2.24) is 19.7 Å². The molecule has 0 amide bonds. The summed E-state index contributed by atoms with van der Waals surface area (Å²) in [6.07, 6.45) is -5.94. The van der Waals surface area contributed by atoms with Crippen molar-refractivity contribution in [3.63, 3.8) is 0 Å². The first kappa shape index (κ1) is 19.4. The third-order valence-corrected chi connectivity index (χ3v) is 3.89. The van der Waals surface area contributed by atoms with Crippen molar-refractivity contribution in [2.24, 2.45) is 0 Å². The van der Waals surface area contributed by atoms with Crippen LogP contribution in [0.15, 0.2) is 0 Å². The van der Waals surface area contributed by atoms with Crippen LogP contribution >= 0.6 is 0 Å². The minimum atomic E-state index is -4.53. The molecule has 1 rings (SSSR count). The molecule has 8 nitrogen and oxygen atoms in total. The largest absolute Gasteiger partial charge is 0.390 e. The summed E-state index contributed by atoms with van der Waals surface area (Å²) in [5.41, 5.74) is 0. The van der Waals surface area contributed by atoms with Gasteiger partial charge in [0, 0.05) is 28.2 Å². The van der Waals surface area contributed by atoms with Crippen molar-refractivity contribution in [3.05, 3.63) is 5.82 Å². The van der Waals surface area contributed by atoms with Gasteiger partial charge in [-0.3, -0.25) is 0 Å². The zero-order valence-corrected chi connectivity index (χ0v) is 14.0. The van der Waals surface area contributed by atoms with Gasteiger partial charge in [0.1, 0.15) is 0 Å². The van der Waals surface area contributed by atoms with Gasteiger partial charge in [0.15, 0.2) is 5.82 Å². The molecule has 0 aliphatic rings. The number of sulfonamides is 1. The highest BCUT2D eigenvalue weighted by Crippen LogP contribution is 2.20. The highest BCUT2D eigenvalue weighted by atomic mass is 32.2. The molecule has 0 atom stereocenters. The van der Waals surface area contributed by atoms with Gasteiger partial charge in [-0.15, -0.1) is 0 Å². The van der Waals surface area contributed by atoms with Crippen molar-refractivity contribution in [2.75, 3.05) is 43.7 Å². The van der Waals surface area contributed by atoms with E-state index in [1.165, 1.54) is 0 Å². The molecule has 0 bridgehead atoms. The van der Waals surface area contributed by atoms with Crippen molar-refractivity contribution in [2.45, 2.75) is 19.1 Å². The molecule has 0 unspecified atom stereocenters. The SMILES string of the molecule is CN(C)c1nc(CNS(=O)(=O)CCC(F)(F)F)nc(N(C)C)n1. The van der Waals surface area contributed by atoms with E-state index in [4.69, 9.17) is 0 Å². The number of aromatic nitrogens is 3. The summed E-state index contributed by atoms with van der Waals surface area (Å²) in [6, 6.07) is 0. The Kier molecular flexibility index (Phi) is 6.11. The Morgan fingerprint density at radius 1 is 1.00 bits per heavy atom. The number of alkyl halides is 3. The topological polar surface area (TPSA) is 91.3 Å². The second-order valence-electron chi connectivity index (χ2n) is 5.15. The maximum Gasteiger partial charge on any atom is 0.390 e. The van der Waals surface area contributed by atoms with Crippen LogP contribution in [0.25, 0.3) is 0 Å². The molecule has 0 saturated heterocycles. The number of anilines is 2. The van der Waals surface area contributed by atoms with Crippen LogP contribution in [0.3, 0.4) is 0 Å². The first-order valence-corrected chi connectivity index (χ1v) is 8.18. The summed E-state index contributed by atoms with van der Waals surface area (Å²) >= 11 is 0. The van der Waals surface area contributed by atoms with E-state index in [0.29, 0.717) is 11.9 Å². The van der Waals surface area contributed by atoms with E-state index in [-0.39, 0.29) is 12.4 Å². The molecule has 0 aromatic carbocycles. The summed E-state index contributed by atoms with van der Waals surface area (Å²) in [6.45, 7) is -0.315. The Morgan fingerprint density at radius 3 is 1.87 bits per heavy atom. The van der Waals surface area contributed by atoms with E-state index in [2.05, 4.69) is 19.7 Å². The molecule has 1 aromatic rings. The number of halogens is 3. The molecule has 0 aliphatic carbocycles. The molecule has 1 N–H and O–H groups in total. The summed E-state index contributed by atoms with van der Waals surface area (Å²) < 4.78 is 61.5. The highest BCUT2D eigenvalue weighted by molar-refractivity contribution is 7.89. The van der Waals surface area contributed by atoms with Gasteiger partial charge in [0.2, 0.25) is 21.9 Å². The molecule has 23 heavy (non-hydrogen) atoms. The van der Waals surface area contributed by atoms with Gasteiger partial charge in [0.25, 0.3) is 0 Å². The van der Waals surface area contributed by atoms with E-state index in [1.54, 1.807) is 38.0 Å². The molecular weight excluding hydrogens is 337 g/mol. The lowest BCUT2D eigenvalue weighted by molar-refractivity contribution is -0.129. The van der Waals surface area contributed by atoms with E-state index in [1.807, 2.05) is 0 Å². The van der Waals surface area contributed by atoms with Gasteiger partial charge in [-0.2, -0.15) is 28.1 Å². The molecule has 0 radical (unpaired) electrons. The van der Waals surface area contributed by atoms with E-state index in [9.17, 15) is 21.6 Å². The minimum absolute atomic E-state index is 0.114. The normalized spacial score (nSPS) is 12.3. The molecular formula is C11H19F3N6O2S. The summed E-state index contributed by atoms with van der Waals surface area (Å²) in [4.78, 5) is 15.5.